The summed E-state index contributed by atoms with van der Waals surface area (Å²) in [5.41, 5.74) is 5.58. The highest BCUT2D eigenvalue weighted by molar-refractivity contribution is 5.94. The van der Waals surface area contributed by atoms with Crippen molar-refractivity contribution in [1.82, 2.24) is 4.90 Å². The fraction of sp³-hybridized carbons (Fsp3) is 0.417. The van der Waals surface area contributed by atoms with Gasteiger partial charge < -0.3 is 10.6 Å². The summed E-state index contributed by atoms with van der Waals surface area (Å²) in [6, 6.07) is 2.87. The van der Waals surface area contributed by atoms with Crippen LogP contribution in [0.2, 0.25) is 0 Å². The zero-order chi connectivity index (χ0) is 12.4. The van der Waals surface area contributed by atoms with Crippen molar-refractivity contribution in [2.24, 2.45) is 11.7 Å². The van der Waals surface area contributed by atoms with Crippen LogP contribution in [0.4, 0.5) is 8.78 Å². The second-order valence-corrected chi connectivity index (χ2v) is 4.30. The number of nitrogens with zero attached hydrogens (tertiary/aromatic N) is 1. The summed E-state index contributed by atoms with van der Waals surface area (Å²) in [7, 11) is 0. The molecule has 6 heteroatoms. The van der Waals surface area contributed by atoms with Crippen LogP contribution < -0.4 is 5.73 Å². The summed E-state index contributed by atoms with van der Waals surface area (Å²) in [5, 5.41) is 0. The quantitative estimate of drug-likeness (QED) is 0.895. The van der Waals surface area contributed by atoms with Gasteiger partial charge in [-0.2, -0.15) is 0 Å². The largest absolute Gasteiger partial charge is 0.338 e. The molecule has 1 atom stereocenters. The maximum Gasteiger partial charge on any atom is 0.254 e. The number of carbonyl (C=O) groups excluding carboxylic acids is 1. The zero-order valence-electron chi connectivity index (χ0n) is 9.73. The molecule has 100 valence electrons. The van der Waals surface area contributed by atoms with Gasteiger partial charge in [-0.1, -0.05) is 0 Å². The number of likely N-dealkylation sites (tertiary alicyclic amines) is 1. The number of carbonyl (C=O) groups is 1. The van der Waals surface area contributed by atoms with Crippen LogP contribution in [0.3, 0.4) is 0 Å². The topological polar surface area (TPSA) is 46.3 Å². The maximum absolute atomic E-state index is 13.0. The van der Waals surface area contributed by atoms with Crippen molar-refractivity contribution in [2.45, 2.75) is 6.42 Å². The number of halogens is 3. The number of hydrogen-bond acceptors (Lipinski definition) is 2. The van der Waals surface area contributed by atoms with E-state index in [1.165, 1.54) is 0 Å². The van der Waals surface area contributed by atoms with Crippen LogP contribution in [0.5, 0.6) is 0 Å². The minimum Gasteiger partial charge on any atom is -0.338 e. The van der Waals surface area contributed by atoms with Crippen molar-refractivity contribution in [2.75, 3.05) is 19.6 Å². The van der Waals surface area contributed by atoms with Crippen molar-refractivity contribution in [3.8, 4) is 0 Å². The molecule has 1 amide bonds. The minimum absolute atomic E-state index is 0. The Morgan fingerprint density at radius 2 is 1.94 bits per heavy atom. The van der Waals surface area contributed by atoms with Gasteiger partial charge in [0, 0.05) is 24.7 Å². The van der Waals surface area contributed by atoms with Gasteiger partial charge in [-0.15, -0.1) is 12.4 Å². The lowest BCUT2D eigenvalue weighted by molar-refractivity contribution is 0.0786. The number of benzene rings is 1. The third kappa shape index (κ3) is 3.17. The lowest BCUT2D eigenvalue weighted by Crippen LogP contribution is -2.30. The highest BCUT2D eigenvalue weighted by Crippen LogP contribution is 2.18. The molecule has 1 saturated heterocycles. The van der Waals surface area contributed by atoms with Gasteiger partial charge in [-0.25, -0.2) is 8.78 Å². The minimum atomic E-state index is -0.733. The van der Waals surface area contributed by atoms with Crippen LogP contribution in [-0.2, 0) is 0 Å². The smallest absolute Gasteiger partial charge is 0.254 e. The van der Waals surface area contributed by atoms with Gasteiger partial charge in [0.25, 0.3) is 5.91 Å². The Morgan fingerprint density at radius 3 is 2.44 bits per heavy atom. The molecule has 0 aromatic heterocycles. The third-order valence-corrected chi connectivity index (χ3v) is 3.02. The van der Waals surface area contributed by atoms with E-state index in [9.17, 15) is 13.6 Å². The second-order valence-electron chi connectivity index (χ2n) is 4.30. The fourth-order valence-corrected chi connectivity index (χ4v) is 2.07. The number of nitrogens with two attached hydrogens (primary N) is 1. The van der Waals surface area contributed by atoms with Gasteiger partial charge in [0.2, 0.25) is 0 Å². The molecule has 0 spiro atoms. The van der Waals surface area contributed by atoms with E-state index in [2.05, 4.69) is 0 Å². The summed E-state index contributed by atoms with van der Waals surface area (Å²) in [5.74, 6) is -1.51. The third-order valence-electron chi connectivity index (χ3n) is 3.02. The molecule has 1 aliphatic heterocycles. The van der Waals surface area contributed by atoms with E-state index in [1.54, 1.807) is 4.90 Å². The predicted molar refractivity (Wildman–Crippen MR) is 66.7 cm³/mol. The highest BCUT2D eigenvalue weighted by atomic mass is 35.5. The Balaban J connectivity index is 0.00000162. The molecule has 1 heterocycles. The van der Waals surface area contributed by atoms with Crippen LogP contribution in [0, 0.1) is 17.6 Å². The van der Waals surface area contributed by atoms with Crippen molar-refractivity contribution >= 4 is 18.3 Å². The molecule has 0 saturated carbocycles. The first kappa shape index (κ1) is 14.9. The lowest BCUT2D eigenvalue weighted by atomic mass is 10.1. The summed E-state index contributed by atoms with van der Waals surface area (Å²) in [6.45, 7) is 1.69. The summed E-state index contributed by atoms with van der Waals surface area (Å²) in [4.78, 5) is 13.6. The van der Waals surface area contributed by atoms with E-state index in [0.29, 0.717) is 19.6 Å². The zero-order valence-corrected chi connectivity index (χ0v) is 10.6. The molecule has 18 heavy (non-hydrogen) atoms. The average Bonchev–Trinajstić information content (AvgIpc) is 2.75. The summed E-state index contributed by atoms with van der Waals surface area (Å²) >= 11 is 0. The Morgan fingerprint density at radius 1 is 1.33 bits per heavy atom. The summed E-state index contributed by atoms with van der Waals surface area (Å²) < 4.78 is 26.0. The normalized spacial score (nSPS) is 18.6. The molecule has 1 fully saturated rings. The molecule has 3 nitrogen and oxygen atoms in total. The lowest BCUT2D eigenvalue weighted by Gasteiger charge is -2.16. The monoisotopic (exact) mass is 276 g/mol. The highest BCUT2D eigenvalue weighted by Gasteiger charge is 2.26. The van der Waals surface area contributed by atoms with Crippen molar-refractivity contribution < 1.29 is 13.6 Å². The average molecular weight is 277 g/mol. The Bertz CT molecular complexity index is 422. The van der Waals surface area contributed by atoms with Crippen LogP contribution >= 0.6 is 12.4 Å². The molecule has 1 aromatic rings. The standard InChI is InChI=1S/C12H14F2N2O.ClH/c13-10-3-9(4-11(14)5-10)12(17)16-2-1-8(6-15)7-16;/h3-5,8H,1-2,6-7,15H2;1H. The molecule has 2 N–H and O–H groups in total. The van der Waals surface area contributed by atoms with Gasteiger partial charge in [0.05, 0.1) is 0 Å². The first-order valence-electron chi connectivity index (χ1n) is 5.55. The first-order chi connectivity index (χ1) is 8.10. The molecule has 0 radical (unpaired) electrons. The van der Waals surface area contributed by atoms with Gasteiger partial charge >= 0.3 is 0 Å². The van der Waals surface area contributed by atoms with Crippen molar-refractivity contribution in [3.05, 3.63) is 35.4 Å². The van der Waals surface area contributed by atoms with Crippen LogP contribution in [0.15, 0.2) is 18.2 Å². The second kappa shape index (κ2) is 6.11. The molecule has 0 bridgehead atoms. The number of hydrogen-bond donors (Lipinski definition) is 1. The van der Waals surface area contributed by atoms with Gasteiger partial charge in [0.1, 0.15) is 11.6 Å². The number of amides is 1. The van der Waals surface area contributed by atoms with Crippen molar-refractivity contribution in [3.63, 3.8) is 0 Å². The molecule has 2 rings (SSSR count). The molecule has 1 unspecified atom stereocenters. The van der Waals surface area contributed by atoms with Crippen LogP contribution in [-0.4, -0.2) is 30.4 Å². The summed E-state index contributed by atoms with van der Waals surface area (Å²) in [6.07, 6.45) is 0.847. The van der Waals surface area contributed by atoms with Crippen molar-refractivity contribution in [1.29, 1.82) is 0 Å². The molecule has 0 aliphatic carbocycles. The molecule has 1 aromatic carbocycles. The molecular formula is C12H15ClF2N2O. The van der Waals surface area contributed by atoms with E-state index < -0.39 is 11.6 Å². The van der Waals surface area contributed by atoms with E-state index in [4.69, 9.17) is 5.73 Å². The van der Waals surface area contributed by atoms with E-state index in [-0.39, 0.29) is 29.8 Å². The van der Waals surface area contributed by atoms with E-state index >= 15 is 0 Å². The molecular weight excluding hydrogens is 262 g/mol. The maximum atomic E-state index is 13.0. The van der Waals surface area contributed by atoms with E-state index in [0.717, 1.165) is 24.6 Å². The Hall–Kier alpha value is -1.20. The Kier molecular flexibility index (Phi) is 5.04. The number of rotatable bonds is 2. The molecule has 1 aliphatic rings. The Labute approximate surface area is 110 Å². The van der Waals surface area contributed by atoms with Gasteiger partial charge in [-0.3, -0.25) is 4.79 Å². The fourth-order valence-electron chi connectivity index (χ4n) is 2.07. The van der Waals surface area contributed by atoms with Crippen LogP contribution in [0.25, 0.3) is 0 Å². The van der Waals surface area contributed by atoms with Gasteiger partial charge in [0.15, 0.2) is 0 Å². The first-order valence-corrected chi connectivity index (χ1v) is 5.55. The predicted octanol–water partition coefficient (Wildman–Crippen LogP) is 1.81. The van der Waals surface area contributed by atoms with Gasteiger partial charge in [-0.05, 0) is 31.0 Å². The van der Waals surface area contributed by atoms with E-state index in [1.807, 2.05) is 0 Å². The van der Waals surface area contributed by atoms with Crippen LogP contribution in [0.1, 0.15) is 16.8 Å². The SMILES string of the molecule is Cl.NCC1CCN(C(=O)c2cc(F)cc(F)c2)C1.